The standard InChI is InChI=1S/C12H10BrN3O2S2/c13-9-5-15-12(20-9)16-10(17)6-18-8-4-2-1-3-7(8)11(14)19/h1-5H,6H2,(H2,14,19)(H,15,16,17). The zero-order valence-corrected chi connectivity index (χ0v) is 13.3. The number of para-hydroxylation sites is 1. The van der Waals surface area contributed by atoms with E-state index in [-0.39, 0.29) is 17.5 Å². The number of nitrogens with one attached hydrogen (secondary N) is 1. The molecule has 5 nitrogen and oxygen atoms in total. The smallest absolute Gasteiger partial charge is 0.264 e. The average molecular weight is 372 g/mol. The van der Waals surface area contributed by atoms with Crippen molar-refractivity contribution >= 4 is 55.5 Å². The van der Waals surface area contributed by atoms with E-state index in [0.717, 1.165) is 3.79 Å². The fourth-order valence-corrected chi connectivity index (χ4v) is 2.70. The highest BCUT2D eigenvalue weighted by atomic mass is 79.9. The molecule has 0 unspecified atom stereocenters. The molecule has 104 valence electrons. The van der Waals surface area contributed by atoms with Crippen molar-refractivity contribution in [3.05, 3.63) is 39.8 Å². The van der Waals surface area contributed by atoms with Crippen LogP contribution in [0.1, 0.15) is 5.56 Å². The number of ether oxygens (including phenoxy) is 1. The van der Waals surface area contributed by atoms with Crippen LogP contribution in [0, 0.1) is 0 Å². The van der Waals surface area contributed by atoms with Crippen molar-refractivity contribution in [2.45, 2.75) is 0 Å². The molecular formula is C12H10BrN3O2S2. The molecule has 20 heavy (non-hydrogen) atoms. The number of amides is 1. The Morgan fingerprint density at radius 3 is 2.90 bits per heavy atom. The van der Waals surface area contributed by atoms with E-state index >= 15 is 0 Å². The van der Waals surface area contributed by atoms with Gasteiger partial charge in [0.25, 0.3) is 5.91 Å². The van der Waals surface area contributed by atoms with Crippen LogP contribution in [0.5, 0.6) is 5.75 Å². The van der Waals surface area contributed by atoms with E-state index in [1.807, 2.05) is 0 Å². The minimum atomic E-state index is -0.301. The summed E-state index contributed by atoms with van der Waals surface area (Å²) in [7, 11) is 0. The average Bonchev–Trinajstić information content (AvgIpc) is 2.82. The third kappa shape index (κ3) is 3.99. The van der Waals surface area contributed by atoms with E-state index in [9.17, 15) is 4.79 Å². The van der Waals surface area contributed by atoms with Gasteiger partial charge >= 0.3 is 0 Å². The molecule has 1 aromatic heterocycles. The van der Waals surface area contributed by atoms with Gasteiger partial charge in [-0.1, -0.05) is 35.7 Å². The van der Waals surface area contributed by atoms with Gasteiger partial charge in [-0.15, -0.1) is 0 Å². The summed E-state index contributed by atoms with van der Waals surface area (Å²) >= 11 is 9.51. The van der Waals surface area contributed by atoms with Crippen LogP contribution in [0.3, 0.4) is 0 Å². The number of thiazole rings is 1. The molecule has 1 aromatic carbocycles. The second kappa shape index (κ2) is 6.78. The number of benzene rings is 1. The minimum Gasteiger partial charge on any atom is -0.483 e. The Kier molecular flexibility index (Phi) is 5.05. The molecule has 0 saturated heterocycles. The second-order valence-corrected chi connectivity index (χ2v) is 6.52. The third-order valence-corrected chi connectivity index (χ3v) is 3.85. The van der Waals surface area contributed by atoms with Crippen LogP contribution in [-0.2, 0) is 4.79 Å². The zero-order valence-electron chi connectivity index (χ0n) is 10.1. The molecule has 0 aliphatic rings. The molecule has 0 radical (unpaired) electrons. The number of nitrogens with zero attached hydrogens (tertiary/aromatic N) is 1. The van der Waals surface area contributed by atoms with E-state index in [1.165, 1.54) is 11.3 Å². The number of anilines is 1. The van der Waals surface area contributed by atoms with Crippen LogP contribution in [0.25, 0.3) is 0 Å². The van der Waals surface area contributed by atoms with E-state index in [1.54, 1.807) is 30.5 Å². The largest absolute Gasteiger partial charge is 0.483 e. The van der Waals surface area contributed by atoms with E-state index in [2.05, 4.69) is 26.2 Å². The van der Waals surface area contributed by atoms with Crippen molar-refractivity contribution < 1.29 is 9.53 Å². The first-order chi connectivity index (χ1) is 9.56. The van der Waals surface area contributed by atoms with Crippen molar-refractivity contribution in [2.24, 2.45) is 5.73 Å². The highest BCUT2D eigenvalue weighted by Crippen LogP contribution is 2.23. The first-order valence-electron chi connectivity index (χ1n) is 5.49. The maximum absolute atomic E-state index is 11.7. The predicted octanol–water partition coefficient (Wildman–Crippen LogP) is 2.56. The summed E-state index contributed by atoms with van der Waals surface area (Å²) in [6.07, 6.45) is 1.61. The molecule has 3 N–H and O–H groups in total. The quantitative estimate of drug-likeness (QED) is 0.789. The van der Waals surface area contributed by atoms with Crippen molar-refractivity contribution in [1.29, 1.82) is 0 Å². The van der Waals surface area contributed by atoms with Gasteiger partial charge in [0, 0.05) is 0 Å². The van der Waals surface area contributed by atoms with Gasteiger partial charge in [-0.25, -0.2) is 4.98 Å². The Morgan fingerprint density at radius 1 is 1.50 bits per heavy atom. The molecule has 0 fully saturated rings. The molecule has 0 spiro atoms. The number of nitrogens with two attached hydrogens (primary N) is 1. The number of halogens is 1. The zero-order chi connectivity index (χ0) is 14.5. The lowest BCUT2D eigenvalue weighted by molar-refractivity contribution is -0.118. The van der Waals surface area contributed by atoms with Gasteiger partial charge in [0.1, 0.15) is 10.7 Å². The summed E-state index contributed by atoms with van der Waals surface area (Å²) in [4.78, 5) is 16.0. The van der Waals surface area contributed by atoms with E-state index in [0.29, 0.717) is 16.4 Å². The Balaban J connectivity index is 1.95. The molecule has 8 heteroatoms. The molecule has 0 saturated carbocycles. The molecular weight excluding hydrogens is 362 g/mol. The van der Waals surface area contributed by atoms with Crippen LogP contribution in [0.4, 0.5) is 5.13 Å². The first-order valence-corrected chi connectivity index (χ1v) is 7.51. The van der Waals surface area contributed by atoms with Crippen molar-refractivity contribution in [1.82, 2.24) is 4.98 Å². The first kappa shape index (κ1) is 14.9. The molecule has 2 aromatic rings. The minimum absolute atomic E-state index is 0.142. The van der Waals surface area contributed by atoms with Crippen molar-refractivity contribution in [3.8, 4) is 5.75 Å². The van der Waals surface area contributed by atoms with Gasteiger partial charge in [-0.3, -0.25) is 10.1 Å². The van der Waals surface area contributed by atoms with Crippen LogP contribution in [0.15, 0.2) is 34.2 Å². The Labute approximate surface area is 133 Å². The Morgan fingerprint density at radius 2 is 2.25 bits per heavy atom. The van der Waals surface area contributed by atoms with Crippen LogP contribution in [-0.4, -0.2) is 22.5 Å². The maximum Gasteiger partial charge on any atom is 0.264 e. The van der Waals surface area contributed by atoms with Gasteiger partial charge in [-0.05, 0) is 28.1 Å². The van der Waals surface area contributed by atoms with Crippen molar-refractivity contribution in [2.75, 3.05) is 11.9 Å². The summed E-state index contributed by atoms with van der Waals surface area (Å²) in [6.45, 7) is -0.142. The highest BCUT2D eigenvalue weighted by molar-refractivity contribution is 9.11. The van der Waals surface area contributed by atoms with Crippen LogP contribution >= 0.6 is 39.5 Å². The van der Waals surface area contributed by atoms with E-state index in [4.69, 9.17) is 22.7 Å². The molecule has 0 aliphatic heterocycles. The normalized spacial score (nSPS) is 10.1. The van der Waals surface area contributed by atoms with Gasteiger partial charge in [0.2, 0.25) is 0 Å². The van der Waals surface area contributed by atoms with Gasteiger partial charge in [-0.2, -0.15) is 0 Å². The summed E-state index contributed by atoms with van der Waals surface area (Å²) in [5.74, 6) is 0.181. The highest BCUT2D eigenvalue weighted by Gasteiger charge is 2.09. The van der Waals surface area contributed by atoms with Gasteiger partial charge in [0.05, 0.1) is 15.5 Å². The Bertz CT molecular complexity index is 645. The number of hydrogen-bond acceptors (Lipinski definition) is 5. The molecule has 0 atom stereocenters. The molecule has 2 rings (SSSR count). The van der Waals surface area contributed by atoms with Crippen LogP contribution < -0.4 is 15.8 Å². The molecule has 0 bridgehead atoms. The number of hydrogen-bond donors (Lipinski definition) is 2. The summed E-state index contributed by atoms with van der Waals surface area (Å²) in [6, 6.07) is 7.04. The number of carbonyl (C=O) groups is 1. The molecule has 1 heterocycles. The van der Waals surface area contributed by atoms with Gasteiger partial charge in [0.15, 0.2) is 11.7 Å². The van der Waals surface area contributed by atoms with Gasteiger partial charge < -0.3 is 10.5 Å². The molecule has 0 aliphatic carbocycles. The monoisotopic (exact) mass is 371 g/mol. The number of carbonyl (C=O) groups excluding carboxylic acids is 1. The fraction of sp³-hybridized carbons (Fsp3) is 0.0833. The third-order valence-electron chi connectivity index (χ3n) is 2.24. The number of aromatic nitrogens is 1. The SMILES string of the molecule is NC(=S)c1ccccc1OCC(=O)Nc1ncc(Br)s1. The topological polar surface area (TPSA) is 77.2 Å². The molecule has 1 amide bonds. The van der Waals surface area contributed by atoms with Crippen LogP contribution in [0.2, 0.25) is 0 Å². The van der Waals surface area contributed by atoms with E-state index < -0.39 is 0 Å². The fourth-order valence-electron chi connectivity index (χ4n) is 1.41. The Hall–Kier alpha value is -1.51. The summed E-state index contributed by atoms with van der Waals surface area (Å²) < 4.78 is 6.27. The summed E-state index contributed by atoms with van der Waals surface area (Å²) in [5.41, 5.74) is 6.19. The predicted molar refractivity (Wildman–Crippen MR) is 86.3 cm³/mol. The summed E-state index contributed by atoms with van der Waals surface area (Å²) in [5, 5.41) is 3.14. The number of thiocarbonyl (C=S) groups is 1. The van der Waals surface area contributed by atoms with Crippen molar-refractivity contribution in [3.63, 3.8) is 0 Å². The maximum atomic E-state index is 11.7. The second-order valence-electron chi connectivity index (χ2n) is 3.67. The number of rotatable bonds is 5. The lowest BCUT2D eigenvalue weighted by Crippen LogP contribution is -2.21. The lowest BCUT2D eigenvalue weighted by Gasteiger charge is -2.09. The lowest BCUT2D eigenvalue weighted by atomic mass is 10.2.